The first-order valence-electron chi connectivity index (χ1n) is 8.54. The van der Waals surface area contributed by atoms with Gasteiger partial charge < -0.3 is 9.64 Å². The van der Waals surface area contributed by atoms with E-state index in [4.69, 9.17) is 9.72 Å². The minimum atomic E-state index is 0.212. The van der Waals surface area contributed by atoms with Crippen LogP contribution in [0.2, 0.25) is 0 Å². The zero-order valence-electron chi connectivity index (χ0n) is 13.9. The molecule has 1 aliphatic rings. The minimum Gasteiger partial charge on any atom is -0.488 e. The van der Waals surface area contributed by atoms with Gasteiger partial charge in [0.1, 0.15) is 11.9 Å². The van der Waals surface area contributed by atoms with Crippen LogP contribution >= 0.6 is 0 Å². The maximum Gasteiger partial charge on any atom is 0.122 e. The second-order valence-corrected chi connectivity index (χ2v) is 6.16. The normalized spacial score (nSPS) is 17.4. The first kappa shape index (κ1) is 14.9. The second-order valence-electron chi connectivity index (χ2n) is 6.16. The molecule has 2 aromatic heterocycles. The van der Waals surface area contributed by atoms with E-state index in [0.717, 1.165) is 42.9 Å². The Balaban J connectivity index is 1.59. The van der Waals surface area contributed by atoms with Gasteiger partial charge in [-0.3, -0.25) is 9.97 Å². The zero-order chi connectivity index (χ0) is 16.4. The molecule has 0 spiro atoms. The monoisotopic (exact) mass is 319 g/mol. The first-order chi connectivity index (χ1) is 11.8. The summed E-state index contributed by atoms with van der Waals surface area (Å²) in [6.45, 7) is 4.06. The Kier molecular flexibility index (Phi) is 4.03. The van der Waals surface area contributed by atoms with Gasteiger partial charge in [0.15, 0.2) is 0 Å². The molecule has 0 bridgehead atoms. The average molecular weight is 319 g/mol. The Bertz CT molecular complexity index is 835. The van der Waals surface area contributed by atoms with E-state index in [1.165, 1.54) is 11.1 Å². The van der Waals surface area contributed by atoms with Crippen molar-refractivity contribution in [3.05, 3.63) is 60.6 Å². The van der Waals surface area contributed by atoms with Crippen molar-refractivity contribution in [2.24, 2.45) is 0 Å². The summed E-state index contributed by atoms with van der Waals surface area (Å²) in [6.07, 6.45) is 5.73. The van der Waals surface area contributed by atoms with Crippen LogP contribution < -0.4 is 9.64 Å². The molecule has 4 nitrogen and oxygen atoms in total. The number of fused-ring (bicyclic) bond motifs is 1. The number of ether oxygens (including phenoxy) is 1. The Morgan fingerprint density at radius 1 is 1.17 bits per heavy atom. The Morgan fingerprint density at radius 3 is 2.83 bits per heavy atom. The second kappa shape index (κ2) is 6.48. The van der Waals surface area contributed by atoms with Gasteiger partial charge in [0.25, 0.3) is 0 Å². The molecular weight excluding hydrogens is 298 g/mol. The largest absolute Gasteiger partial charge is 0.488 e. The number of para-hydroxylation sites is 1. The van der Waals surface area contributed by atoms with E-state index in [1.54, 1.807) is 12.4 Å². The number of aryl methyl sites for hydroxylation is 1. The Morgan fingerprint density at radius 2 is 2.00 bits per heavy atom. The van der Waals surface area contributed by atoms with Crippen molar-refractivity contribution in [2.45, 2.75) is 25.9 Å². The Hall–Kier alpha value is -2.62. The maximum atomic E-state index is 6.10. The number of benzene rings is 1. The molecular formula is C20H21N3O. The van der Waals surface area contributed by atoms with E-state index in [-0.39, 0.29) is 6.10 Å². The summed E-state index contributed by atoms with van der Waals surface area (Å²) in [5.41, 5.74) is 3.49. The van der Waals surface area contributed by atoms with Crippen LogP contribution in [0.5, 0.6) is 5.75 Å². The van der Waals surface area contributed by atoms with Crippen LogP contribution in [-0.2, 0) is 6.42 Å². The van der Waals surface area contributed by atoms with E-state index in [2.05, 4.69) is 47.1 Å². The fourth-order valence-electron chi connectivity index (χ4n) is 3.31. The van der Waals surface area contributed by atoms with Gasteiger partial charge in [-0.1, -0.05) is 25.1 Å². The molecule has 3 heterocycles. The zero-order valence-corrected chi connectivity index (χ0v) is 13.9. The molecule has 1 aliphatic heterocycles. The standard InChI is InChI=1S/C20H21N3O/c1-2-15-13-20(18-5-3-4-6-19(18)22-15)23-12-9-17(14-23)24-16-7-10-21-11-8-16/h3-8,10-11,13,17H,2,9,12,14H2,1H3. The van der Waals surface area contributed by atoms with Crippen molar-refractivity contribution in [3.8, 4) is 5.75 Å². The van der Waals surface area contributed by atoms with Crippen LogP contribution in [0.1, 0.15) is 19.0 Å². The van der Waals surface area contributed by atoms with Gasteiger partial charge in [-0.15, -0.1) is 0 Å². The van der Waals surface area contributed by atoms with Gasteiger partial charge >= 0.3 is 0 Å². The van der Waals surface area contributed by atoms with Crippen LogP contribution in [0.4, 0.5) is 5.69 Å². The van der Waals surface area contributed by atoms with E-state index < -0.39 is 0 Å². The smallest absolute Gasteiger partial charge is 0.122 e. The molecule has 0 saturated carbocycles. The molecule has 1 saturated heterocycles. The lowest BCUT2D eigenvalue weighted by molar-refractivity contribution is 0.225. The number of aromatic nitrogens is 2. The Labute approximate surface area is 142 Å². The highest BCUT2D eigenvalue weighted by atomic mass is 16.5. The van der Waals surface area contributed by atoms with Gasteiger partial charge in [-0.2, -0.15) is 0 Å². The highest BCUT2D eigenvalue weighted by Gasteiger charge is 2.25. The SMILES string of the molecule is CCc1cc(N2CCC(Oc3ccncc3)C2)c2ccccc2n1. The van der Waals surface area contributed by atoms with Crippen molar-refractivity contribution >= 4 is 16.6 Å². The number of anilines is 1. The molecule has 1 aromatic carbocycles. The molecule has 1 unspecified atom stereocenters. The van der Waals surface area contributed by atoms with Crippen LogP contribution in [-0.4, -0.2) is 29.2 Å². The first-order valence-corrected chi connectivity index (χ1v) is 8.54. The van der Waals surface area contributed by atoms with E-state index in [0.29, 0.717) is 0 Å². The predicted octanol–water partition coefficient (Wildman–Crippen LogP) is 3.85. The van der Waals surface area contributed by atoms with E-state index in [9.17, 15) is 0 Å². The summed E-state index contributed by atoms with van der Waals surface area (Å²) in [7, 11) is 0. The number of pyridine rings is 2. The topological polar surface area (TPSA) is 38.2 Å². The fourth-order valence-corrected chi connectivity index (χ4v) is 3.31. The van der Waals surface area contributed by atoms with Crippen LogP contribution in [0.3, 0.4) is 0 Å². The lowest BCUT2D eigenvalue weighted by Crippen LogP contribution is -2.25. The van der Waals surface area contributed by atoms with Gasteiger partial charge in [0.2, 0.25) is 0 Å². The lowest BCUT2D eigenvalue weighted by atomic mass is 10.1. The summed E-state index contributed by atoms with van der Waals surface area (Å²) in [6, 6.07) is 14.5. The number of nitrogens with zero attached hydrogens (tertiary/aromatic N) is 3. The molecule has 0 N–H and O–H groups in total. The maximum absolute atomic E-state index is 6.10. The molecule has 1 fully saturated rings. The van der Waals surface area contributed by atoms with Gasteiger partial charge in [-0.05, 0) is 30.7 Å². The van der Waals surface area contributed by atoms with E-state index in [1.807, 2.05) is 12.1 Å². The molecule has 0 amide bonds. The average Bonchev–Trinajstić information content (AvgIpc) is 3.10. The summed E-state index contributed by atoms with van der Waals surface area (Å²) < 4.78 is 6.10. The fraction of sp³-hybridized carbons (Fsp3) is 0.300. The van der Waals surface area contributed by atoms with Crippen LogP contribution in [0, 0.1) is 0 Å². The summed E-state index contributed by atoms with van der Waals surface area (Å²) in [5, 5.41) is 1.22. The van der Waals surface area contributed by atoms with Crippen molar-refractivity contribution in [1.82, 2.24) is 9.97 Å². The van der Waals surface area contributed by atoms with Crippen LogP contribution in [0.15, 0.2) is 54.9 Å². The van der Waals surface area contributed by atoms with Crippen molar-refractivity contribution in [2.75, 3.05) is 18.0 Å². The summed E-state index contributed by atoms with van der Waals surface area (Å²) >= 11 is 0. The van der Waals surface area contributed by atoms with E-state index >= 15 is 0 Å². The van der Waals surface area contributed by atoms with Gasteiger partial charge in [0, 0.05) is 42.1 Å². The third-order valence-electron chi connectivity index (χ3n) is 4.55. The molecule has 3 aromatic rings. The number of hydrogen-bond donors (Lipinski definition) is 0. The minimum absolute atomic E-state index is 0.212. The van der Waals surface area contributed by atoms with Crippen molar-refractivity contribution in [3.63, 3.8) is 0 Å². The molecule has 24 heavy (non-hydrogen) atoms. The number of hydrogen-bond acceptors (Lipinski definition) is 4. The van der Waals surface area contributed by atoms with Gasteiger partial charge in [0.05, 0.1) is 12.1 Å². The molecule has 1 atom stereocenters. The predicted molar refractivity (Wildman–Crippen MR) is 96.6 cm³/mol. The van der Waals surface area contributed by atoms with Crippen molar-refractivity contribution in [1.29, 1.82) is 0 Å². The van der Waals surface area contributed by atoms with Crippen LogP contribution in [0.25, 0.3) is 10.9 Å². The molecule has 0 radical (unpaired) electrons. The summed E-state index contributed by atoms with van der Waals surface area (Å²) in [4.78, 5) is 11.2. The van der Waals surface area contributed by atoms with Crippen molar-refractivity contribution < 1.29 is 4.74 Å². The quantitative estimate of drug-likeness (QED) is 0.732. The molecule has 122 valence electrons. The molecule has 4 rings (SSSR count). The lowest BCUT2D eigenvalue weighted by Gasteiger charge is -2.21. The third-order valence-corrected chi connectivity index (χ3v) is 4.55. The third kappa shape index (κ3) is 2.92. The highest BCUT2D eigenvalue weighted by Crippen LogP contribution is 2.30. The number of rotatable bonds is 4. The molecule has 0 aliphatic carbocycles. The highest BCUT2D eigenvalue weighted by molar-refractivity contribution is 5.92. The van der Waals surface area contributed by atoms with Gasteiger partial charge in [-0.25, -0.2) is 0 Å². The summed E-state index contributed by atoms with van der Waals surface area (Å²) in [5.74, 6) is 0.894. The molecule has 4 heteroatoms.